The van der Waals surface area contributed by atoms with Gasteiger partial charge in [0.25, 0.3) is 0 Å². The molecule has 0 bridgehead atoms. The molecule has 1 heterocycles. The van der Waals surface area contributed by atoms with E-state index in [9.17, 15) is 0 Å². The van der Waals surface area contributed by atoms with Crippen LogP contribution in [0.1, 0.15) is 5.56 Å². The highest BCUT2D eigenvalue weighted by Gasteiger charge is 2.07. The Hall–Kier alpha value is -0.550. The molecule has 0 N–H and O–H groups in total. The van der Waals surface area contributed by atoms with Crippen molar-refractivity contribution in [3.05, 3.63) is 28.2 Å². The molecular formula is C10H6BrN3S3. The van der Waals surface area contributed by atoms with Crippen LogP contribution in [0.3, 0.4) is 0 Å². The molecule has 7 heteroatoms. The van der Waals surface area contributed by atoms with E-state index in [1.165, 1.54) is 0 Å². The average Bonchev–Trinajstić information content (AvgIpc) is 2.77. The van der Waals surface area contributed by atoms with E-state index in [2.05, 4.69) is 32.2 Å². The van der Waals surface area contributed by atoms with E-state index >= 15 is 0 Å². The minimum Gasteiger partial charge on any atom is -0.192 e. The minimum atomic E-state index is 0.636. The highest BCUT2D eigenvalue weighted by atomic mass is 79.9. The smallest absolute Gasteiger partial charge is 0.179 e. The fourth-order valence-electron chi connectivity index (χ4n) is 1.07. The standard InChI is InChI=1S/C10H6BrN3S3/c1-15-9-13-14-10(17-9)16-7-3-2-6(5-12)8(11)4-7/h2-4H,1H3. The van der Waals surface area contributed by atoms with Crippen LogP contribution in [-0.4, -0.2) is 16.5 Å². The molecule has 0 atom stereocenters. The maximum absolute atomic E-state index is 8.82. The fourth-order valence-corrected chi connectivity index (χ4v) is 4.14. The van der Waals surface area contributed by atoms with Gasteiger partial charge in [0, 0.05) is 9.37 Å². The summed E-state index contributed by atoms with van der Waals surface area (Å²) >= 11 is 8.07. The third-order valence-electron chi connectivity index (χ3n) is 1.83. The van der Waals surface area contributed by atoms with E-state index in [-0.39, 0.29) is 0 Å². The Bertz CT molecular complexity index is 576. The quantitative estimate of drug-likeness (QED) is 0.787. The van der Waals surface area contributed by atoms with Gasteiger partial charge in [0.2, 0.25) is 0 Å². The molecule has 0 aliphatic heterocycles. The minimum absolute atomic E-state index is 0.636. The van der Waals surface area contributed by atoms with Gasteiger partial charge in [-0.3, -0.25) is 0 Å². The normalized spacial score (nSPS) is 10.2. The van der Waals surface area contributed by atoms with Gasteiger partial charge >= 0.3 is 0 Å². The zero-order valence-electron chi connectivity index (χ0n) is 8.68. The first-order valence-electron chi connectivity index (χ1n) is 4.48. The molecule has 0 aliphatic rings. The SMILES string of the molecule is CSc1nnc(Sc2ccc(C#N)c(Br)c2)s1. The van der Waals surface area contributed by atoms with Gasteiger partial charge in [-0.1, -0.05) is 34.9 Å². The Morgan fingerprint density at radius 2 is 2.12 bits per heavy atom. The van der Waals surface area contributed by atoms with Crippen LogP contribution in [0.4, 0.5) is 0 Å². The second-order valence-electron chi connectivity index (χ2n) is 2.89. The summed E-state index contributed by atoms with van der Waals surface area (Å²) in [4.78, 5) is 1.04. The molecule has 0 aliphatic carbocycles. The monoisotopic (exact) mass is 343 g/mol. The number of rotatable bonds is 3. The maximum Gasteiger partial charge on any atom is 0.179 e. The lowest BCUT2D eigenvalue weighted by atomic mass is 10.2. The van der Waals surface area contributed by atoms with Crippen LogP contribution in [-0.2, 0) is 0 Å². The third kappa shape index (κ3) is 3.22. The number of aromatic nitrogens is 2. The Morgan fingerprint density at radius 1 is 1.35 bits per heavy atom. The number of thioether (sulfide) groups is 1. The molecule has 0 amide bonds. The zero-order chi connectivity index (χ0) is 12.3. The van der Waals surface area contributed by atoms with Crippen molar-refractivity contribution in [3.8, 4) is 6.07 Å². The van der Waals surface area contributed by atoms with Crippen molar-refractivity contribution in [1.29, 1.82) is 5.26 Å². The van der Waals surface area contributed by atoms with Crippen LogP contribution in [0, 0.1) is 11.3 Å². The van der Waals surface area contributed by atoms with Gasteiger partial charge in [-0.15, -0.1) is 10.2 Å². The van der Waals surface area contributed by atoms with Crippen LogP contribution in [0.25, 0.3) is 0 Å². The van der Waals surface area contributed by atoms with E-state index in [4.69, 9.17) is 5.26 Å². The number of benzene rings is 1. The lowest BCUT2D eigenvalue weighted by Crippen LogP contribution is -1.79. The van der Waals surface area contributed by atoms with Gasteiger partial charge in [0.1, 0.15) is 6.07 Å². The summed E-state index contributed by atoms with van der Waals surface area (Å²) in [6, 6.07) is 7.74. The Morgan fingerprint density at radius 3 is 2.71 bits per heavy atom. The first-order valence-corrected chi connectivity index (χ1v) is 8.13. The van der Waals surface area contributed by atoms with Crippen LogP contribution in [0.5, 0.6) is 0 Å². The number of hydrogen-bond donors (Lipinski definition) is 0. The van der Waals surface area contributed by atoms with E-state index in [0.29, 0.717) is 5.56 Å². The van der Waals surface area contributed by atoms with Gasteiger partial charge in [-0.25, -0.2) is 0 Å². The van der Waals surface area contributed by atoms with Gasteiger partial charge in [0.15, 0.2) is 8.68 Å². The predicted octanol–water partition coefficient (Wildman–Crippen LogP) is 4.05. The predicted molar refractivity (Wildman–Crippen MR) is 74.7 cm³/mol. The van der Waals surface area contributed by atoms with E-state index in [0.717, 1.165) is 18.0 Å². The van der Waals surface area contributed by atoms with Crippen molar-refractivity contribution in [3.63, 3.8) is 0 Å². The Labute approximate surface area is 120 Å². The zero-order valence-corrected chi connectivity index (χ0v) is 12.7. The summed E-state index contributed by atoms with van der Waals surface area (Å²) in [6.07, 6.45) is 1.98. The van der Waals surface area contributed by atoms with Crippen molar-refractivity contribution < 1.29 is 0 Å². The van der Waals surface area contributed by atoms with Crippen LogP contribution in [0.15, 0.2) is 36.2 Å². The molecule has 0 unspecified atom stereocenters. The molecular weight excluding hydrogens is 338 g/mol. The van der Waals surface area contributed by atoms with Crippen molar-refractivity contribution in [2.45, 2.75) is 13.6 Å². The van der Waals surface area contributed by atoms with Gasteiger partial charge in [-0.2, -0.15) is 5.26 Å². The van der Waals surface area contributed by atoms with Gasteiger partial charge < -0.3 is 0 Å². The van der Waals surface area contributed by atoms with Gasteiger partial charge in [0.05, 0.1) is 5.56 Å². The Balaban J connectivity index is 2.19. The Kier molecular flexibility index (Phi) is 4.45. The van der Waals surface area contributed by atoms with Crippen molar-refractivity contribution in [2.24, 2.45) is 0 Å². The molecule has 0 fully saturated rings. The second kappa shape index (κ2) is 5.87. The summed E-state index contributed by atoms with van der Waals surface area (Å²) in [7, 11) is 0. The maximum atomic E-state index is 8.82. The number of nitriles is 1. The summed E-state index contributed by atoms with van der Waals surface area (Å²) in [5, 5.41) is 16.9. The van der Waals surface area contributed by atoms with Crippen LogP contribution < -0.4 is 0 Å². The molecule has 3 nitrogen and oxygen atoms in total. The molecule has 1 aromatic heterocycles. The van der Waals surface area contributed by atoms with Crippen molar-refractivity contribution >= 4 is 50.8 Å². The molecule has 0 saturated carbocycles. The van der Waals surface area contributed by atoms with Crippen LogP contribution >= 0.6 is 50.8 Å². The molecule has 17 heavy (non-hydrogen) atoms. The number of nitrogens with zero attached hydrogens (tertiary/aromatic N) is 3. The molecule has 86 valence electrons. The molecule has 0 spiro atoms. The highest BCUT2D eigenvalue weighted by Crippen LogP contribution is 2.34. The summed E-state index contributed by atoms with van der Waals surface area (Å²) < 4.78 is 2.67. The van der Waals surface area contributed by atoms with Crippen LogP contribution in [0.2, 0.25) is 0 Å². The molecule has 0 saturated heterocycles. The first-order chi connectivity index (χ1) is 8.22. The second-order valence-corrected chi connectivity index (χ2v) is 7.10. The molecule has 1 aromatic carbocycles. The topological polar surface area (TPSA) is 49.6 Å². The number of hydrogen-bond acceptors (Lipinski definition) is 6. The lowest BCUT2D eigenvalue weighted by molar-refractivity contribution is 0.955. The summed E-state index contributed by atoms with van der Waals surface area (Å²) in [5.74, 6) is 0. The summed E-state index contributed by atoms with van der Waals surface area (Å²) in [5.41, 5.74) is 0.636. The van der Waals surface area contributed by atoms with E-state index in [1.807, 2.05) is 18.4 Å². The lowest BCUT2D eigenvalue weighted by Gasteiger charge is -1.99. The first kappa shape index (κ1) is 12.9. The molecule has 2 rings (SSSR count). The molecule has 2 aromatic rings. The summed E-state index contributed by atoms with van der Waals surface area (Å²) in [6.45, 7) is 0. The highest BCUT2D eigenvalue weighted by molar-refractivity contribution is 9.10. The largest absolute Gasteiger partial charge is 0.192 e. The van der Waals surface area contributed by atoms with Gasteiger partial charge in [-0.05, 0) is 40.4 Å². The van der Waals surface area contributed by atoms with Crippen molar-refractivity contribution in [2.75, 3.05) is 6.26 Å². The van der Waals surface area contributed by atoms with E-state index < -0.39 is 0 Å². The number of halogens is 1. The average molecular weight is 344 g/mol. The van der Waals surface area contributed by atoms with E-state index in [1.54, 1.807) is 40.9 Å². The van der Waals surface area contributed by atoms with Crippen molar-refractivity contribution in [1.82, 2.24) is 10.2 Å². The molecule has 0 radical (unpaired) electrons. The third-order valence-corrected chi connectivity index (χ3v) is 5.42. The fraction of sp³-hybridized carbons (Fsp3) is 0.100.